The van der Waals surface area contributed by atoms with Crippen molar-refractivity contribution in [3.63, 3.8) is 0 Å². The van der Waals surface area contributed by atoms with E-state index in [0.29, 0.717) is 5.92 Å². The highest BCUT2D eigenvalue weighted by molar-refractivity contribution is 5.81. The van der Waals surface area contributed by atoms with Crippen LogP contribution >= 0.6 is 0 Å². The Bertz CT molecular complexity index is 679. The van der Waals surface area contributed by atoms with Crippen LogP contribution in [0.15, 0.2) is 54.6 Å². The molecule has 3 aromatic rings. The third kappa shape index (κ3) is 1.35. The lowest BCUT2D eigenvalue weighted by Gasteiger charge is -2.07. The Balaban J connectivity index is 1.85. The maximum Gasteiger partial charge on any atom is 0.0456 e. The number of rotatable bonds is 1. The molecule has 1 aromatic heterocycles. The minimum absolute atomic E-state index is 0.439. The van der Waals surface area contributed by atoms with E-state index in [4.69, 9.17) is 0 Å². The van der Waals surface area contributed by atoms with E-state index in [0.717, 1.165) is 6.54 Å². The molecule has 0 saturated carbocycles. The van der Waals surface area contributed by atoms with Crippen molar-refractivity contribution < 1.29 is 0 Å². The maximum absolute atomic E-state index is 3.54. The van der Waals surface area contributed by atoms with Crippen LogP contribution in [-0.2, 0) is 0 Å². The van der Waals surface area contributed by atoms with Gasteiger partial charge < -0.3 is 10.3 Å². The molecule has 0 fully saturated rings. The van der Waals surface area contributed by atoms with E-state index in [-0.39, 0.29) is 0 Å². The number of H-pyrrole nitrogens is 1. The van der Waals surface area contributed by atoms with Gasteiger partial charge in [-0.1, -0.05) is 36.4 Å². The lowest BCUT2D eigenvalue weighted by molar-refractivity contribution is 0.876. The monoisotopic (exact) mass is 234 g/mol. The second kappa shape index (κ2) is 3.64. The Labute approximate surface area is 106 Å². The van der Waals surface area contributed by atoms with Crippen LogP contribution in [0.2, 0.25) is 0 Å². The Morgan fingerprint density at radius 2 is 1.78 bits per heavy atom. The summed E-state index contributed by atoms with van der Waals surface area (Å²) in [5, 5.41) is 4.76. The van der Waals surface area contributed by atoms with E-state index in [1.165, 1.54) is 27.8 Å². The zero-order valence-electron chi connectivity index (χ0n) is 9.98. The molecule has 88 valence electrons. The van der Waals surface area contributed by atoms with E-state index >= 15 is 0 Å². The number of hydrogen-bond acceptors (Lipinski definition) is 1. The fourth-order valence-electron chi connectivity index (χ4n) is 2.84. The number of fused-ring (bicyclic) bond motifs is 2. The number of hydrogen-bond donors (Lipinski definition) is 2. The van der Waals surface area contributed by atoms with E-state index in [9.17, 15) is 0 Å². The predicted molar refractivity (Wildman–Crippen MR) is 75.1 cm³/mol. The van der Waals surface area contributed by atoms with Gasteiger partial charge in [0.05, 0.1) is 0 Å². The summed E-state index contributed by atoms with van der Waals surface area (Å²) in [6.45, 7) is 0.978. The summed E-state index contributed by atoms with van der Waals surface area (Å²) in [6.07, 6.45) is 0. The zero-order chi connectivity index (χ0) is 11.9. The second-order valence-corrected chi connectivity index (χ2v) is 4.83. The first-order valence-corrected chi connectivity index (χ1v) is 6.32. The normalized spacial score (nSPS) is 17.7. The highest BCUT2D eigenvalue weighted by Crippen LogP contribution is 2.36. The Kier molecular flexibility index (Phi) is 1.97. The van der Waals surface area contributed by atoms with Crippen LogP contribution in [0.5, 0.6) is 0 Å². The molecule has 0 saturated heterocycles. The molecule has 1 atom stereocenters. The summed E-state index contributed by atoms with van der Waals surface area (Å²) in [7, 11) is 0. The summed E-state index contributed by atoms with van der Waals surface area (Å²) in [6, 6.07) is 19.3. The Morgan fingerprint density at radius 3 is 2.72 bits per heavy atom. The van der Waals surface area contributed by atoms with Crippen LogP contribution in [0.3, 0.4) is 0 Å². The van der Waals surface area contributed by atoms with Crippen LogP contribution in [0.1, 0.15) is 17.2 Å². The van der Waals surface area contributed by atoms with Gasteiger partial charge in [-0.05, 0) is 29.1 Å². The van der Waals surface area contributed by atoms with Gasteiger partial charge in [-0.2, -0.15) is 0 Å². The fourth-order valence-corrected chi connectivity index (χ4v) is 2.84. The van der Waals surface area contributed by atoms with Crippen molar-refractivity contribution in [2.75, 3.05) is 11.9 Å². The predicted octanol–water partition coefficient (Wildman–Crippen LogP) is 3.73. The van der Waals surface area contributed by atoms with E-state index in [1.807, 2.05) is 0 Å². The number of nitrogens with one attached hydrogen (secondary N) is 2. The highest BCUT2D eigenvalue weighted by atomic mass is 14.9. The molecule has 2 nitrogen and oxygen atoms in total. The number of benzene rings is 2. The largest absolute Gasteiger partial charge is 0.384 e. The topological polar surface area (TPSA) is 27.8 Å². The van der Waals surface area contributed by atoms with Crippen LogP contribution in [-0.4, -0.2) is 11.5 Å². The molecule has 2 N–H and O–H groups in total. The third-order valence-electron chi connectivity index (χ3n) is 3.76. The smallest absolute Gasteiger partial charge is 0.0456 e. The first-order chi connectivity index (χ1) is 8.92. The molecule has 0 bridgehead atoms. The lowest BCUT2D eigenvalue weighted by atomic mass is 9.98. The molecule has 0 amide bonds. The number of anilines is 1. The molecular formula is C16H14N2. The quantitative estimate of drug-likeness (QED) is 0.659. The second-order valence-electron chi connectivity index (χ2n) is 4.83. The van der Waals surface area contributed by atoms with Crippen molar-refractivity contribution in [2.24, 2.45) is 0 Å². The van der Waals surface area contributed by atoms with Gasteiger partial charge in [-0.3, -0.25) is 0 Å². The van der Waals surface area contributed by atoms with Crippen LogP contribution in [0.4, 0.5) is 5.69 Å². The van der Waals surface area contributed by atoms with Gasteiger partial charge in [-0.25, -0.2) is 0 Å². The molecule has 0 radical (unpaired) electrons. The van der Waals surface area contributed by atoms with Crippen molar-refractivity contribution in [3.8, 4) is 0 Å². The molecule has 0 aliphatic carbocycles. The summed E-state index contributed by atoms with van der Waals surface area (Å²) >= 11 is 0. The van der Waals surface area contributed by atoms with Crippen LogP contribution < -0.4 is 5.32 Å². The van der Waals surface area contributed by atoms with E-state index in [2.05, 4.69) is 64.9 Å². The molecule has 2 heteroatoms. The molecule has 0 spiro atoms. The highest BCUT2D eigenvalue weighted by Gasteiger charge is 2.24. The van der Waals surface area contributed by atoms with Gasteiger partial charge in [0.2, 0.25) is 0 Å². The average molecular weight is 234 g/mol. The van der Waals surface area contributed by atoms with Gasteiger partial charge >= 0.3 is 0 Å². The molecule has 18 heavy (non-hydrogen) atoms. The van der Waals surface area contributed by atoms with Crippen molar-refractivity contribution in [1.82, 2.24) is 4.98 Å². The van der Waals surface area contributed by atoms with Crippen molar-refractivity contribution in [1.29, 1.82) is 0 Å². The van der Waals surface area contributed by atoms with Gasteiger partial charge in [0, 0.05) is 29.4 Å². The van der Waals surface area contributed by atoms with Crippen LogP contribution in [0, 0.1) is 0 Å². The molecule has 1 aliphatic heterocycles. The van der Waals surface area contributed by atoms with Gasteiger partial charge in [0.1, 0.15) is 0 Å². The Hall–Kier alpha value is -2.22. The number of aromatic amines is 1. The zero-order valence-corrected chi connectivity index (χ0v) is 9.98. The fraction of sp³-hybridized carbons (Fsp3) is 0.125. The molecule has 2 heterocycles. The molecule has 4 rings (SSSR count). The number of para-hydroxylation sites is 2. The first kappa shape index (κ1) is 9.77. The van der Waals surface area contributed by atoms with Gasteiger partial charge in [0.15, 0.2) is 0 Å². The third-order valence-corrected chi connectivity index (χ3v) is 3.76. The van der Waals surface area contributed by atoms with E-state index in [1.54, 1.807) is 0 Å². The van der Waals surface area contributed by atoms with Crippen molar-refractivity contribution in [2.45, 2.75) is 5.92 Å². The Morgan fingerprint density at radius 1 is 0.944 bits per heavy atom. The first-order valence-electron chi connectivity index (χ1n) is 6.32. The molecular weight excluding hydrogens is 220 g/mol. The van der Waals surface area contributed by atoms with Crippen LogP contribution in [0.25, 0.3) is 10.9 Å². The summed E-state index contributed by atoms with van der Waals surface area (Å²) in [5.41, 5.74) is 5.18. The minimum Gasteiger partial charge on any atom is -0.384 e. The van der Waals surface area contributed by atoms with Crippen molar-refractivity contribution >= 4 is 16.6 Å². The summed E-state index contributed by atoms with van der Waals surface area (Å²) in [5.74, 6) is 0.439. The minimum atomic E-state index is 0.439. The van der Waals surface area contributed by atoms with E-state index < -0.39 is 0 Å². The molecule has 2 aromatic carbocycles. The molecule has 1 unspecified atom stereocenters. The average Bonchev–Trinajstić information content (AvgIpc) is 3.02. The van der Waals surface area contributed by atoms with Gasteiger partial charge in [-0.15, -0.1) is 0 Å². The standard InChI is InChI=1S/C16H14N2/c1-3-7-14-11(5-1)9-16(18-14)13-10-17-15-8-4-2-6-12(13)15/h1-9,13,17-18H,10H2. The SMILES string of the molecule is c1ccc2c(c1)NCC2c1cc2ccccc2[nH]1. The van der Waals surface area contributed by atoms with Gasteiger partial charge in [0.25, 0.3) is 0 Å². The maximum atomic E-state index is 3.54. The van der Waals surface area contributed by atoms with Crippen molar-refractivity contribution in [3.05, 3.63) is 65.9 Å². The lowest BCUT2D eigenvalue weighted by Crippen LogP contribution is -2.03. The molecule has 1 aliphatic rings. The number of aromatic nitrogens is 1. The summed E-state index contributed by atoms with van der Waals surface area (Å²) in [4.78, 5) is 3.54. The summed E-state index contributed by atoms with van der Waals surface area (Å²) < 4.78 is 0.